The highest BCUT2D eigenvalue weighted by Crippen LogP contribution is 2.27. The Morgan fingerprint density at radius 3 is 2.16 bits per heavy atom. The first-order chi connectivity index (χ1) is 11.7. The molecule has 2 N–H and O–H groups in total. The van der Waals surface area contributed by atoms with Gasteiger partial charge in [-0.1, -0.05) is 24.3 Å². The van der Waals surface area contributed by atoms with Gasteiger partial charge in [-0.05, 0) is 50.6 Å². The van der Waals surface area contributed by atoms with Crippen molar-refractivity contribution < 1.29 is 29.0 Å². The summed E-state index contributed by atoms with van der Waals surface area (Å²) in [6.07, 6.45) is 0. The summed E-state index contributed by atoms with van der Waals surface area (Å²) in [7, 11) is -1.92. The number of benzene rings is 2. The van der Waals surface area contributed by atoms with Crippen LogP contribution < -0.4 is 9.39 Å². The molecule has 0 fully saturated rings. The van der Waals surface area contributed by atoms with Gasteiger partial charge in [-0.25, -0.2) is 4.79 Å². The lowest BCUT2D eigenvalue weighted by Gasteiger charge is -2.19. The normalized spacial score (nSPS) is 10.9. The van der Waals surface area contributed by atoms with Crippen molar-refractivity contribution >= 4 is 13.3 Å². The van der Waals surface area contributed by atoms with Gasteiger partial charge in [0.05, 0.1) is 5.56 Å². The van der Waals surface area contributed by atoms with Crippen molar-refractivity contribution in [3.05, 3.63) is 59.7 Å². The maximum Gasteiger partial charge on any atom is 0.707 e. The second-order valence-electron chi connectivity index (χ2n) is 6.38. The minimum Gasteiger partial charge on any atom is -0.509 e. The predicted octanol–water partition coefficient (Wildman–Crippen LogP) is 2.57. The minimum absolute atomic E-state index is 0.225. The maximum atomic E-state index is 12.0. The lowest BCUT2D eigenvalue weighted by Crippen LogP contribution is -2.23. The molecule has 0 radical (unpaired) electrons. The molecule has 6 nitrogen and oxygen atoms in total. The molecule has 2 aromatic carbocycles. The molecule has 0 amide bonds. The topological polar surface area (TPSA) is 85.2 Å². The molecule has 0 saturated carbocycles. The number of carbonyl (C=O) groups excluding carboxylic acids is 1. The van der Waals surface area contributed by atoms with Crippen molar-refractivity contribution in [2.24, 2.45) is 0 Å². The third-order valence-electron chi connectivity index (χ3n) is 3.06. The molecule has 0 aliphatic rings. The van der Waals surface area contributed by atoms with Gasteiger partial charge in [0.15, 0.2) is 5.75 Å². The van der Waals surface area contributed by atoms with Crippen LogP contribution in [0.15, 0.2) is 48.5 Å². The molecular weight excluding hydrogens is 323 g/mol. The van der Waals surface area contributed by atoms with Crippen LogP contribution in [0.1, 0.15) is 36.7 Å². The van der Waals surface area contributed by atoms with Crippen molar-refractivity contribution in [2.75, 3.05) is 0 Å². The second-order valence-corrected chi connectivity index (χ2v) is 6.38. The van der Waals surface area contributed by atoms with Gasteiger partial charge in [0.2, 0.25) is 0 Å². The summed E-state index contributed by atoms with van der Waals surface area (Å²) in [5.74, 6) is 0.227. The van der Waals surface area contributed by atoms with E-state index in [-0.39, 0.29) is 18.3 Å². The van der Waals surface area contributed by atoms with Crippen molar-refractivity contribution in [1.82, 2.24) is 0 Å². The summed E-state index contributed by atoms with van der Waals surface area (Å²) in [5, 5.41) is 17.8. The zero-order chi connectivity index (χ0) is 18.4. The van der Waals surface area contributed by atoms with E-state index in [2.05, 4.69) is 0 Å². The van der Waals surface area contributed by atoms with Crippen LogP contribution >= 0.6 is 0 Å². The summed E-state index contributed by atoms with van der Waals surface area (Å²) >= 11 is 0. The summed E-state index contributed by atoms with van der Waals surface area (Å²) in [6, 6.07) is 13.6. The monoisotopic (exact) mass is 344 g/mol. The molecule has 7 heteroatoms. The van der Waals surface area contributed by atoms with Crippen LogP contribution in [0, 0.1) is 0 Å². The molecule has 0 saturated heterocycles. The maximum absolute atomic E-state index is 12.0. The number of rotatable bonds is 6. The number of hydrogen-bond donors (Lipinski definition) is 2. The average Bonchev–Trinajstić information content (AvgIpc) is 2.52. The number of esters is 1. The summed E-state index contributed by atoms with van der Waals surface area (Å²) < 4.78 is 15.8. The third kappa shape index (κ3) is 6.13. The van der Waals surface area contributed by atoms with Crippen LogP contribution in [0.3, 0.4) is 0 Å². The zero-order valence-corrected chi connectivity index (χ0v) is 14.4. The zero-order valence-electron chi connectivity index (χ0n) is 14.4. The highest BCUT2D eigenvalue weighted by molar-refractivity contribution is 6.33. The fourth-order valence-electron chi connectivity index (χ4n) is 2.02. The molecule has 2 aromatic rings. The standard InChI is InChI=1S/C18H21BO6/c1-18(2,3)24-17(20)14-10-8-13(9-11-14)12-23-15-6-4-5-7-16(15)25-19(21)22/h4-11,21-22H,12H2,1-3H3. The Labute approximate surface area is 147 Å². The molecular formula is C18H21BO6. The van der Waals surface area contributed by atoms with E-state index < -0.39 is 12.9 Å². The molecule has 0 bridgehead atoms. The predicted molar refractivity (Wildman–Crippen MR) is 93.2 cm³/mol. The smallest absolute Gasteiger partial charge is 0.509 e. The van der Waals surface area contributed by atoms with Crippen LogP contribution in [-0.2, 0) is 11.3 Å². The number of ether oxygens (including phenoxy) is 2. The van der Waals surface area contributed by atoms with Gasteiger partial charge in [-0.3, -0.25) is 0 Å². The van der Waals surface area contributed by atoms with Crippen molar-refractivity contribution in [3.8, 4) is 11.5 Å². The SMILES string of the molecule is CC(C)(C)OC(=O)c1ccc(COc2ccccc2OB(O)O)cc1. The molecule has 2 rings (SSSR count). The van der Waals surface area contributed by atoms with Gasteiger partial charge in [-0.2, -0.15) is 0 Å². The van der Waals surface area contributed by atoms with Crippen LogP contribution in [0.4, 0.5) is 0 Å². The average molecular weight is 344 g/mol. The Hall–Kier alpha value is -2.51. The van der Waals surface area contributed by atoms with Crippen LogP contribution in [0.5, 0.6) is 11.5 Å². The van der Waals surface area contributed by atoms with Gasteiger partial charge in [0.25, 0.3) is 0 Å². The fraction of sp³-hybridized carbons (Fsp3) is 0.278. The van der Waals surface area contributed by atoms with Gasteiger partial charge in [0, 0.05) is 0 Å². The van der Waals surface area contributed by atoms with E-state index in [1.165, 1.54) is 0 Å². The largest absolute Gasteiger partial charge is 0.707 e. The lowest BCUT2D eigenvalue weighted by atomic mass is 10.1. The Morgan fingerprint density at radius 2 is 1.60 bits per heavy atom. The number of para-hydroxylation sites is 2. The quantitative estimate of drug-likeness (QED) is 0.619. The molecule has 0 aliphatic heterocycles. The first kappa shape index (κ1) is 18.8. The van der Waals surface area contributed by atoms with E-state index in [4.69, 9.17) is 24.2 Å². The fourth-order valence-corrected chi connectivity index (χ4v) is 2.02. The third-order valence-corrected chi connectivity index (χ3v) is 3.06. The van der Waals surface area contributed by atoms with E-state index in [9.17, 15) is 4.79 Å². The number of hydrogen-bond acceptors (Lipinski definition) is 6. The molecule has 0 heterocycles. The highest BCUT2D eigenvalue weighted by Gasteiger charge is 2.18. The number of carbonyl (C=O) groups is 1. The van der Waals surface area contributed by atoms with Crippen LogP contribution in [0.25, 0.3) is 0 Å². The van der Waals surface area contributed by atoms with E-state index >= 15 is 0 Å². The molecule has 0 atom stereocenters. The van der Waals surface area contributed by atoms with Crippen molar-refractivity contribution in [2.45, 2.75) is 33.0 Å². The van der Waals surface area contributed by atoms with E-state index in [1.54, 1.807) is 48.5 Å². The summed E-state index contributed by atoms with van der Waals surface area (Å²) in [4.78, 5) is 12.0. The minimum atomic E-state index is -1.92. The first-order valence-electron chi connectivity index (χ1n) is 7.81. The molecule has 0 spiro atoms. The molecule has 0 aromatic heterocycles. The second kappa shape index (κ2) is 8.05. The van der Waals surface area contributed by atoms with Crippen LogP contribution in [0.2, 0.25) is 0 Å². The molecule has 25 heavy (non-hydrogen) atoms. The summed E-state index contributed by atoms with van der Waals surface area (Å²) in [6.45, 7) is 5.68. The Balaban J connectivity index is 2.00. The van der Waals surface area contributed by atoms with Crippen molar-refractivity contribution in [1.29, 1.82) is 0 Å². The van der Waals surface area contributed by atoms with E-state index in [0.29, 0.717) is 11.3 Å². The van der Waals surface area contributed by atoms with Gasteiger partial charge in [-0.15, -0.1) is 0 Å². The Bertz CT molecular complexity index is 706. The Morgan fingerprint density at radius 1 is 1.00 bits per heavy atom. The molecule has 132 valence electrons. The summed E-state index contributed by atoms with van der Waals surface area (Å²) in [5.41, 5.74) is 0.761. The molecule has 0 unspecified atom stereocenters. The van der Waals surface area contributed by atoms with E-state index in [1.807, 2.05) is 20.8 Å². The highest BCUT2D eigenvalue weighted by atomic mass is 16.6. The Kier molecular flexibility index (Phi) is 6.06. The van der Waals surface area contributed by atoms with Crippen molar-refractivity contribution in [3.63, 3.8) is 0 Å². The van der Waals surface area contributed by atoms with Gasteiger partial charge in [0.1, 0.15) is 18.0 Å². The van der Waals surface area contributed by atoms with E-state index in [0.717, 1.165) is 5.56 Å². The van der Waals surface area contributed by atoms with Crippen LogP contribution in [-0.4, -0.2) is 28.9 Å². The van der Waals surface area contributed by atoms with Gasteiger partial charge < -0.3 is 24.2 Å². The molecule has 0 aliphatic carbocycles. The first-order valence-corrected chi connectivity index (χ1v) is 7.81. The lowest BCUT2D eigenvalue weighted by molar-refractivity contribution is 0.00694. The van der Waals surface area contributed by atoms with Gasteiger partial charge >= 0.3 is 13.3 Å².